The van der Waals surface area contributed by atoms with Gasteiger partial charge in [-0.25, -0.2) is 0 Å². The van der Waals surface area contributed by atoms with Gasteiger partial charge in [-0.15, -0.1) is 0 Å². The summed E-state index contributed by atoms with van der Waals surface area (Å²) >= 11 is 2.27. The number of alkyl halides is 3. The molecule has 2 N–H and O–H groups in total. The lowest BCUT2D eigenvalue weighted by molar-refractivity contribution is -0.137. The standard InChI is InChI=1S/C7H5F3.C7H8IN/c8-7(9,10)6-4-2-1-3-5-6;8-7-3-1-6(5-9)2-4-7/h1-5H;1-4H,5,9H2. The van der Waals surface area contributed by atoms with Crippen LogP contribution in [0.5, 0.6) is 0 Å². The first-order valence-electron chi connectivity index (χ1n) is 5.50. The van der Waals surface area contributed by atoms with E-state index >= 15 is 0 Å². The third kappa shape index (κ3) is 6.07. The van der Waals surface area contributed by atoms with Crippen LogP contribution in [0.25, 0.3) is 0 Å². The third-order valence-electron chi connectivity index (χ3n) is 2.25. The molecule has 0 unspecified atom stereocenters. The smallest absolute Gasteiger partial charge is 0.326 e. The van der Waals surface area contributed by atoms with E-state index in [4.69, 9.17) is 5.73 Å². The van der Waals surface area contributed by atoms with Gasteiger partial charge in [-0.3, -0.25) is 0 Å². The summed E-state index contributed by atoms with van der Waals surface area (Å²) in [6.45, 7) is 0.636. The predicted molar refractivity (Wildman–Crippen MR) is 78.5 cm³/mol. The molecule has 0 aromatic heterocycles. The molecule has 0 radical (unpaired) electrons. The zero-order valence-electron chi connectivity index (χ0n) is 9.99. The van der Waals surface area contributed by atoms with Crippen LogP contribution in [0.4, 0.5) is 13.2 Å². The minimum Gasteiger partial charge on any atom is -0.326 e. The Morgan fingerprint density at radius 1 is 0.895 bits per heavy atom. The first-order valence-corrected chi connectivity index (χ1v) is 6.58. The largest absolute Gasteiger partial charge is 0.416 e. The number of nitrogens with two attached hydrogens (primary N) is 1. The maximum absolute atomic E-state index is 11.8. The molecule has 0 aliphatic heterocycles. The molecule has 0 atom stereocenters. The zero-order valence-corrected chi connectivity index (χ0v) is 12.1. The number of hydrogen-bond acceptors (Lipinski definition) is 1. The van der Waals surface area contributed by atoms with Gasteiger partial charge in [0.05, 0.1) is 5.56 Å². The highest BCUT2D eigenvalue weighted by atomic mass is 127. The summed E-state index contributed by atoms with van der Waals surface area (Å²) in [6, 6.07) is 14.6. The molecular weight excluding hydrogens is 366 g/mol. The molecule has 0 saturated carbocycles. The Labute approximate surface area is 123 Å². The van der Waals surface area contributed by atoms with Gasteiger partial charge in [0, 0.05) is 10.1 Å². The Kier molecular flexibility index (Phi) is 6.30. The molecule has 0 saturated heterocycles. The quantitative estimate of drug-likeness (QED) is 0.728. The van der Waals surface area contributed by atoms with Gasteiger partial charge < -0.3 is 5.73 Å². The lowest BCUT2D eigenvalue weighted by Crippen LogP contribution is -2.03. The second-order valence-corrected chi connectivity index (χ2v) is 4.94. The Morgan fingerprint density at radius 3 is 1.79 bits per heavy atom. The van der Waals surface area contributed by atoms with E-state index in [1.165, 1.54) is 21.3 Å². The van der Waals surface area contributed by atoms with Crippen LogP contribution in [-0.4, -0.2) is 0 Å². The molecule has 2 rings (SSSR count). The highest BCUT2D eigenvalue weighted by Crippen LogP contribution is 2.28. The van der Waals surface area contributed by atoms with Crippen LogP contribution in [-0.2, 0) is 12.7 Å². The molecule has 0 spiro atoms. The van der Waals surface area contributed by atoms with Crippen molar-refractivity contribution in [2.24, 2.45) is 5.73 Å². The van der Waals surface area contributed by atoms with Crippen molar-refractivity contribution in [1.29, 1.82) is 0 Å². The summed E-state index contributed by atoms with van der Waals surface area (Å²) in [7, 11) is 0. The van der Waals surface area contributed by atoms with Crippen molar-refractivity contribution in [1.82, 2.24) is 0 Å². The zero-order chi connectivity index (χ0) is 14.3. The molecule has 19 heavy (non-hydrogen) atoms. The van der Waals surface area contributed by atoms with E-state index in [1.54, 1.807) is 6.07 Å². The van der Waals surface area contributed by atoms with E-state index in [1.807, 2.05) is 12.1 Å². The van der Waals surface area contributed by atoms with Gasteiger partial charge in [-0.2, -0.15) is 13.2 Å². The number of benzene rings is 2. The number of rotatable bonds is 1. The number of halogens is 4. The van der Waals surface area contributed by atoms with Gasteiger partial charge in [-0.1, -0.05) is 42.5 Å². The average molecular weight is 379 g/mol. The van der Waals surface area contributed by atoms with Gasteiger partial charge in [0.25, 0.3) is 0 Å². The lowest BCUT2D eigenvalue weighted by atomic mass is 10.2. The average Bonchev–Trinajstić information content (AvgIpc) is 2.40. The van der Waals surface area contributed by atoms with Gasteiger partial charge in [0.1, 0.15) is 0 Å². The summed E-state index contributed by atoms with van der Waals surface area (Å²) in [5.74, 6) is 0. The molecule has 0 aliphatic carbocycles. The van der Waals surface area contributed by atoms with Crippen molar-refractivity contribution in [3.05, 3.63) is 69.3 Å². The molecule has 0 amide bonds. The fourth-order valence-corrected chi connectivity index (χ4v) is 1.61. The van der Waals surface area contributed by atoms with E-state index in [2.05, 4.69) is 34.7 Å². The maximum atomic E-state index is 11.8. The fraction of sp³-hybridized carbons (Fsp3) is 0.143. The minimum atomic E-state index is -4.21. The van der Waals surface area contributed by atoms with E-state index < -0.39 is 11.7 Å². The van der Waals surface area contributed by atoms with Crippen molar-refractivity contribution in [2.75, 3.05) is 0 Å². The highest BCUT2D eigenvalue weighted by Gasteiger charge is 2.29. The second-order valence-electron chi connectivity index (χ2n) is 3.69. The molecule has 2 aromatic rings. The molecule has 0 aliphatic rings. The Morgan fingerprint density at radius 2 is 1.42 bits per heavy atom. The van der Waals surface area contributed by atoms with Gasteiger partial charge in [-0.05, 0) is 40.3 Å². The summed E-state index contributed by atoms with van der Waals surface area (Å²) in [5.41, 5.74) is 5.99. The fourth-order valence-electron chi connectivity index (χ4n) is 1.25. The molecule has 102 valence electrons. The predicted octanol–water partition coefficient (Wildman–Crippen LogP) is 4.46. The highest BCUT2D eigenvalue weighted by molar-refractivity contribution is 14.1. The number of hydrogen-bond donors (Lipinski definition) is 1. The molecule has 0 fully saturated rings. The first kappa shape index (κ1) is 16.0. The van der Waals surface area contributed by atoms with Crippen LogP contribution in [0.3, 0.4) is 0 Å². The van der Waals surface area contributed by atoms with Gasteiger partial charge >= 0.3 is 6.18 Å². The Hall–Kier alpha value is -1.08. The molecule has 0 heterocycles. The molecule has 5 heteroatoms. The van der Waals surface area contributed by atoms with E-state index in [-0.39, 0.29) is 0 Å². The SMILES string of the molecule is FC(F)(F)c1ccccc1.NCc1ccc(I)cc1. The molecule has 1 nitrogen and oxygen atoms in total. The summed E-state index contributed by atoms with van der Waals surface area (Å²) in [5, 5.41) is 0. The monoisotopic (exact) mass is 379 g/mol. The van der Waals surface area contributed by atoms with Crippen molar-refractivity contribution < 1.29 is 13.2 Å². The van der Waals surface area contributed by atoms with Crippen molar-refractivity contribution in [3.63, 3.8) is 0 Å². The summed E-state index contributed by atoms with van der Waals surface area (Å²) < 4.78 is 36.6. The van der Waals surface area contributed by atoms with Crippen LogP contribution in [0.2, 0.25) is 0 Å². The van der Waals surface area contributed by atoms with Gasteiger partial charge in [0.2, 0.25) is 0 Å². The van der Waals surface area contributed by atoms with E-state index in [0.29, 0.717) is 6.54 Å². The second kappa shape index (κ2) is 7.49. The van der Waals surface area contributed by atoms with Crippen molar-refractivity contribution >= 4 is 22.6 Å². The first-order chi connectivity index (χ1) is 8.93. The lowest BCUT2D eigenvalue weighted by Gasteiger charge is -2.03. The van der Waals surface area contributed by atoms with Crippen molar-refractivity contribution in [3.8, 4) is 0 Å². The van der Waals surface area contributed by atoms with Crippen LogP contribution in [0.1, 0.15) is 11.1 Å². The summed E-state index contributed by atoms with van der Waals surface area (Å²) in [6.07, 6.45) is -4.21. The van der Waals surface area contributed by atoms with E-state index in [9.17, 15) is 13.2 Å². The topological polar surface area (TPSA) is 26.0 Å². The van der Waals surface area contributed by atoms with Crippen LogP contribution < -0.4 is 5.73 Å². The summed E-state index contributed by atoms with van der Waals surface area (Å²) in [4.78, 5) is 0. The van der Waals surface area contributed by atoms with Gasteiger partial charge in [0.15, 0.2) is 0 Å². The normalized spacial score (nSPS) is 10.6. The molecule has 2 aromatic carbocycles. The van der Waals surface area contributed by atoms with Crippen LogP contribution in [0.15, 0.2) is 54.6 Å². The van der Waals surface area contributed by atoms with Crippen LogP contribution in [0, 0.1) is 3.57 Å². The minimum absolute atomic E-state index is 0.602. The third-order valence-corrected chi connectivity index (χ3v) is 2.97. The molecular formula is C14H13F3IN. The maximum Gasteiger partial charge on any atom is 0.416 e. The molecule has 0 bridgehead atoms. The Bertz CT molecular complexity index is 480. The Balaban J connectivity index is 0.000000191. The van der Waals surface area contributed by atoms with E-state index in [0.717, 1.165) is 12.1 Å². The van der Waals surface area contributed by atoms with Crippen LogP contribution >= 0.6 is 22.6 Å². The van der Waals surface area contributed by atoms with Crippen molar-refractivity contribution in [2.45, 2.75) is 12.7 Å².